The Hall–Kier alpha value is -2.41. The number of carbonyl (C=O) groups is 1. The lowest BCUT2D eigenvalue weighted by Crippen LogP contribution is -2.01. The molecule has 0 spiro atoms. The molecule has 0 atom stereocenters. The van der Waals surface area contributed by atoms with E-state index < -0.39 is 0 Å². The van der Waals surface area contributed by atoms with E-state index in [1.807, 2.05) is 0 Å². The summed E-state index contributed by atoms with van der Waals surface area (Å²) in [6, 6.07) is 17.2. The summed E-state index contributed by atoms with van der Waals surface area (Å²) in [5, 5.41) is 7.32. The van der Waals surface area contributed by atoms with Crippen molar-refractivity contribution in [2.75, 3.05) is 0 Å². The van der Waals surface area contributed by atoms with E-state index in [0.29, 0.717) is 0 Å². The second-order valence-electron chi connectivity index (χ2n) is 5.68. The molecule has 0 aliphatic rings. The summed E-state index contributed by atoms with van der Waals surface area (Å²) in [6.45, 7) is 3.78. The van der Waals surface area contributed by atoms with Crippen LogP contribution in [0.4, 0.5) is 0 Å². The molecule has 102 valence electrons. The molecule has 4 aromatic carbocycles. The molecule has 0 unspecified atom stereocenters. The molecule has 0 saturated carbocycles. The fourth-order valence-electron chi connectivity index (χ4n) is 3.57. The SMILES string of the molecule is CCc1cc2ccc3cccc4ccc(c1C(C)=O)c2c34. The van der Waals surface area contributed by atoms with Crippen molar-refractivity contribution in [2.24, 2.45) is 0 Å². The number of hydrogen-bond acceptors (Lipinski definition) is 1. The van der Waals surface area contributed by atoms with Crippen molar-refractivity contribution in [1.29, 1.82) is 0 Å². The molecule has 0 radical (unpaired) electrons. The van der Waals surface area contributed by atoms with Crippen LogP contribution in [0.25, 0.3) is 32.3 Å². The van der Waals surface area contributed by atoms with Crippen LogP contribution in [0.2, 0.25) is 0 Å². The van der Waals surface area contributed by atoms with Crippen molar-refractivity contribution in [2.45, 2.75) is 20.3 Å². The Kier molecular flexibility index (Phi) is 2.52. The van der Waals surface area contributed by atoms with E-state index in [-0.39, 0.29) is 5.78 Å². The number of rotatable bonds is 2. The Morgan fingerprint density at radius 3 is 2.24 bits per heavy atom. The van der Waals surface area contributed by atoms with E-state index in [9.17, 15) is 4.79 Å². The van der Waals surface area contributed by atoms with Crippen molar-refractivity contribution >= 4 is 38.1 Å². The molecule has 21 heavy (non-hydrogen) atoms. The summed E-state index contributed by atoms with van der Waals surface area (Å²) in [4.78, 5) is 12.2. The van der Waals surface area contributed by atoms with Crippen LogP contribution in [0, 0.1) is 0 Å². The van der Waals surface area contributed by atoms with Gasteiger partial charge in [-0.15, -0.1) is 0 Å². The highest BCUT2D eigenvalue weighted by atomic mass is 16.1. The summed E-state index contributed by atoms with van der Waals surface area (Å²) in [5.74, 6) is 0.157. The largest absolute Gasteiger partial charge is 0.294 e. The molecule has 0 aliphatic heterocycles. The highest BCUT2D eigenvalue weighted by Gasteiger charge is 2.16. The van der Waals surface area contributed by atoms with Gasteiger partial charge < -0.3 is 0 Å². The average Bonchev–Trinajstić information content (AvgIpc) is 2.51. The predicted molar refractivity (Wildman–Crippen MR) is 89.5 cm³/mol. The average molecular weight is 272 g/mol. The minimum Gasteiger partial charge on any atom is -0.294 e. The molecule has 0 fully saturated rings. The molecular formula is C20H16O. The molecule has 4 aromatic rings. The Balaban J connectivity index is 2.35. The molecule has 0 aromatic heterocycles. The maximum atomic E-state index is 12.2. The second-order valence-corrected chi connectivity index (χ2v) is 5.68. The van der Waals surface area contributed by atoms with Crippen LogP contribution in [0.3, 0.4) is 0 Å². The molecule has 1 nitrogen and oxygen atoms in total. The van der Waals surface area contributed by atoms with Crippen LogP contribution in [0.1, 0.15) is 29.8 Å². The maximum Gasteiger partial charge on any atom is 0.160 e. The van der Waals surface area contributed by atoms with Gasteiger partial charge in [-0.05, 0) is 51.2 Å². The summed E-state index contributed by atoms with van der Waals surface area (Å²) in [7, 11) is 0. The Bertz CT molecular complexity index is 979. The number of Topliss-reactive ketones (excluding diaryl/α,β-unsaturated/α-hetero) is 1. The van der Waals surface area contributed by atoms with Gasteiger partial charge in [-0.3, -0.25) is 4.79 Å². The highest BCUT2D eigenvalue weighted by molar-refractivity contribution is 6.26. The van der Waals surface area contributed by atoms with Crippen molar-refractivity contribution in [3.63, 3.8) is 0 Å². The van der Waals surface area contributed by atoms with Crippen LogP contribution in [-0.4, -0.2) is 5.78 Å². The summed E-state index contributed by atoms with van der Waals surface area (Å²) < 4.78 is 0. The van der Waals surface area contributed by atoms with E-state index in [0.717, 1.165) is 22.9 Å². The zero-order valence-electron chi connectivity index (χ0n) is 12.2. The molecule has 0 bridgehead atoms. The quantitative estimate of drug-likeness (QED) is 0.355. The normalized spacial score (nSPS) is 11.7. The Morgan fingerprint density at radius 1 is 0.905 bits per heavy atom. The topological polar surface area (TPSA) is 17.1 Å². The first-order valence-electron chi connectivity index (χ1n) is 7.41. The molecule has 0 heterocycles. The minimum atomic E-state index is 0.157. The van der Waals surface area contributed by atoms with Crippen LogP contribution in [-0.2, 0) is 6.42 Å². The van der Waals surface area contributed by atoms with Gasteiger partial charge in [0.25, 0.3) is 0 Å². The lowest BCUT2D eigenvalue weighted by Gasteiger charge is -2.15. The minimum absolute atomic E-state index is 0.157. The van der Waals surface area contributed by atoms with Gasteiger partial charge in [0.15, 0.2) is 5.78 Å². The van der Waals surface area contributed by atoms with Gasteiger partial charge in [-0.25, -0.2) is 0 Å². The van der Waals surface area contributed by atoms with E-state index >= 15 is 0 Å². The third-order valence-electron chi connectivity index (χ3n) is 4.46. The number of carbonyl (C=O) groups excluding carboxylic acids is 1. The molecule has 4 rings (SSSR count). The number of hydrogen-bond donors (Lipinski definition) is 0. The maximum absolute atomic E-state index is 12.2. The number of benzene rings is 4. The van der Waals surface area contributed by atoms with Crippen molar-refractivity contribution in [3.8, 4) is 0 Å². The van der Waals surface area contributed by atoms with Crippen molar-refractivity contribution in [3.05, 3.63) is 59.7 Å². The standard InChI is InChI=1S/C20H16O/c1-3-13-11-16-8-7-14-5-4-6-15-9-10-17(18(13)12(2)21)20(16)19(14)15/h4-11H,3H2,1-2H3. The first kappa shape index (κ1) is 12.3. The van der Waals surface area contributed by atoms with Gasteiger partial charge in [0, 0.05) is 5.56 Å². The zero-order valence-corrected chi connectivity index (χ0v) is 12.2. The van der Waals surface area contributed by atoms with Crippen molar-refractivity contribution in [1.82, 2.24) is 0 Å². The van der Waals surface area contributed by atoms with E-state index in [1.165, 1.54) is 26.9 Å². The Morgan fingerprint density at radius 2 is 1.57 bits per heavy atom. The van der Waals surface area contributed by atoms with Crippen molar-refractivity contribution < 1.29 is 4.79 Å². The van der Waals surface area contributed by atoms with Gasteiger partial charge in [0.05, 0.1) is 0 Å². The lowest BCUT2D eigenvalue weighted by molar-refractivity contribution is 0.101. The van der Waals surface area contributed by atoms with Crippen LogP contribution >= 0.6 is 0 Å². The molecular weight excluding hydrogens is 256 g/mol. The molecule has 0 amide bonds. The molecule has 1 heteroatoms. The van der Waals surface area contributed by atoms with Gasteiger partial charge in [0.1, 0.15) is 0 Å². The van der Waals surface area contributed by atoms with Gasteiger partial charge >= 0.3 is 0 Å². The second kappa shape index (κ2) is 4.29. The monoisotopic (exact) mass is 272 g/mol. The molecule has 0 aliphatic carbocycles. The number of aryl methyl sites for hydroxylation is 1. The molecule has 0 N–H and O–H groups in total. The third-order valence-corrected chi connectivity index (χ3v) is 4.46. The fourth-order valence-corrected chi connectivity index (χ4v) is 3.57. The Labute approximate surface area is 123 Å². The van der Waals surface area contributed by atoms with E-state index in [2.05, 4.69) is 55.5 Å². The van der Waals surface area contributed by atoms with E-state index in [1.54, 1.807) is 6.92 Å². The van der Waals surface area contributed by atoms with Gasteiger partial charge in [-0.1, -0.05) is 55.5 Å². The van der Waals surface area contributed by atoms with Crippen LogP contribution < -0.4 is 0 Å². The highest BCUT2D eigenvalue weighted by Crippen LogP contribution is 2.37. The van der Waals surface area contributed by atoms with E-state index in [4.69, 9.17) is 0 Å². The number of ketones is 1. The molecule has 0 saturated heterocycles. The van der Waals surface area contributed by atoms with Gasteiger partial charge in [0.2, 0.25) is 0 Å². The van der Waals surface area contributed by atoms with Gasteiger partial charge in [-0.2, -0.15) is 0 Å². The fraction of sp³-hybridized carbons (Fsp3) is 0.150. The third kappa shape index (κ3) is 1.61. The zero-order chi connectivity index (χ0) is 14.6. The summed E-state index contributed by atoms with van der Waals surface area (Å²) in [5.41, 5.74) is 2.04. The van der Waals surface area contributed by atoms with Crippen LogP contribution in [0.15, 0.2) is 48.5 Å². The predicted octanol–water partition coefficient (Wildman–Crippen LogP) is 5.35. The first-order valence-corrected chi connectivity index (χ1v) is 7.41. The smallest absolute Gasteiger partial charge is 0.160 e. The summed E-state index contributed by atoms with van der Waals surface area (Å²) >= 11 is 0. The van der Waals surface area contributed by atoms with Crippen LogP contribution in [0.5, 0.6) is 0 Å². The lowest BCUT2D eigenvalue weighted by atomic mass is 9.87. The first-order chi connectivity index (χ1) is 10.2. The summed E-state index contributed by atoms with van der Waals surface area (Å²) in [6.07, 6.45) is 0.880.